The Hall–Kier alpha value is -3.08. The third kappa shape index (κ3) is 5.39. The van der Waals surface area contributed by atoms with Crippen LogP contribution in [0.2, 0.25) is 0 Å². The van der Waals surface area contributed by atoms with Crippen molar-refractivity contribution >= 4 is 22.6 Å². The number of rotatable bonds is 8. The first-order valence-electron chi connectivity index (χ1n) is 10.00. The van der Waals surface area contributed by atoms with Crippen molar-refractivity contribution < 1.29 is 37.3 Å². The average molecular weight is 455 g/mol. The zero-order valence-electron chi connectivity index (χ0n) is 17.5. The fourth-order valence-electron chi connectivity index (χ4n) is 3.66. The topological polar surface area (TPSA) is 124 Å². The average Bonchev–Trinajstić information content (AvgIpc) is 2.92. The van der Waals surface area contributed by atoms with Crippen LogP contribution in [0.3, 0.4) is 0 Å². The van der Waals surface area contributed by atoms with Crippen molar-refractivity contribution in [2.24, 2.45) is 5.73 Å². The Bertz CT molecular complexity index is 1030. The zero-order valence-corrected chi connectivity index (χ0v) is 17.5. The molecule has 1 fully saturated rings. The van der Waals surface area contributed by atoms with E-state index in [2.05, 4.69) is 10.3 Å². The van der Waals surface area contributed by atoms with Gasteiger partial charge in [-0.3, -0.25) is 9.59 Å². The Labute approximate surface area is 181 Å². The van der Waals surface area contributed by atoms with Crippen molar-refractivity contribution in [3.05, 3.63) is 30.0 Å². The van der Waals surface area contributed by atoms with Crippen LogP contribution in [0.25, 0.3) is 10.8 Å². The van der Waals surface area contributed by atoms with Crippen LogP contribution < -0.4 is 20.5 Å². The molecule has 174 valence electrons. The third-order valence-electron chi connectivity index (χ3n) is 5.00. The van der Waals surface area contributed by atoms with Gasteiger partial charge in [0.1, 0.15) is 5.75 Å². The maximum Gasteiger partial charge on any atom is 0.392 e. The fourth-order valence-corrected chi connectivity index (χ4v) is 3.66. The minimum absolute atomic E-state index is 0.0249. The van der Waals surface area contributed by atoms with Gasteiger partial charge in [-0.25, -0.2) is 4.98 Å². The van der Waals surface area contributed by atoms with Crippen LogP contribution in [0.5, 0.6) is 11.6 Å². The third-order valence-corrected chi connectivity index (χ3v) is 5.00. The number of carbonyl (C=O) groups is 2. The quantitative estimate of drug-likeness (QED) is 0.562. The molecule has 1 aliphatic rings. The van der Waals surface area contributed by atoms with Crippen molar-refractivity contribution in [1.82, 2.24) is 10.3 Å². The number of nitrogens with two attached hydrogens (primary N) is 1. The van der Waals surface area contributed by atoms with Crippen LogP contribution in [0.1, 0.15) is 43.5 Å². The van der Waals surface area contributed by atoms with Gasteiger partial charge < -0.3 is 25.6 Å². The molecule has 3 rings (SSSR count). The molecule has 11 heteroatoms. The van der Waals surface area contributed by atoms with Crippen LogP contribution in [0.15, 0.2) is 24.4 Å². The molecule has 1 aromatic heterocycles. The minimum Gasteiger partial charge on any atom is -0.490 e. The van der Waals surface area contributed by atoms with Gasteiger partial charge in [0.05, 0.1) is 24.7 Å². The molecule has 0 radical (unpaired) electrons. The van der Waals surface area contributed by atoms with Gasteiger partial charge in [-0.15, -0.1) is 0 Å². The summed E-state index contributed by atoms with van der Waals surface area (Å²) < 4.78 is 49.3. The lowest BCUT2D eigenvalue weighted by Gasteiger charge is -2.20. The highest BCUT2D eigenvalue weighted by Crippen LogP contribution is 2.35. The van der Waals surface area contributed by atoms with E-state index in [-0.39, 0.29) is 42.7 Å². The summed E-state index contributed by atoms with van der Waals surface area (Å²) in [4.78, 5) is 27.8. The Morgan fingerprint density at radius 3 is 2.75 bits per heavy atom. The lowest BCUT2D eigenvalue weighted by Crippen LogP contribution is -2.41. The summed E-state index contributed by atoms with van der Waals surface area (Å²) in [5.74, 6) is -1.19. The van der Waals surface area contributed by atoms with E-state index in [9.17, 15) is 27.9 Å². The summed E-state index contributed by atoms with van der Waals surface area (Å²) >= 11 is 0. The molecule has 1 aromatic carbocycles. The van der Waals surface area contributed by atoms with Gasteiger partial charge in [-0.1, -0.05) is 0 Å². The minimum atomic E-state index is -4.66. The number of hydrogen-bond donors (Lipinski definition) is 3. The van der Waals surface area contributed by atoms with Gasteiger partial charge in [0.15, 0.2) is 5.60 Å². The lowest BCUT2D eigenvalue weighted by molar-refractivity contribution is -0.180. The van der Waals surface area contributed by atoms with Gasteiger partial charge in [0.2, 0.25) is 5.88 Å². The fraction of sp³-hybridized carbons (Fsp3) is 0.476. The predicted molar refractivity (Wildman–Crippen MR) is 108 cm³/mol. The molecule has 0 unspecified atom stereocenters. The normalized spacial score (nSPS) is 21.1. The second-order valence-corrected chi connectivity index (χ2v) is 8.05. The summed E-state index contributed by atoms with van der Waals surface area (Å²) in [6, 6.07) is 4.16. The van der Waals surface area contributed by atoms with E-state index >= 15 is 0 Å². The predicted octanol–water partition coefficient (Wildman–Crippen LogP) is 2.46. The van der Waals surface area contributed by atoms with Crippen molar-refractivity contribution in [1.29, 1.82) is 0 Å². The standard InChI is InChI=1S/C21H24F3N3O5/c1-11(2)32-16-8-14-12(7-15(16)17(25)28)3-5-26-18(14)31-6-4-13-9-20(30,19(29)27-13)10-21(22,23)24/h3,5,7-8,11,13,30H,4,6,9-10H2,1-2H3,(H2,25,28)(H,27,29)/t13-,20+/m1/s1. The van der Waals surface area contributed by atoms with Crippen LogP contribution in [0.4, 0.5) is 13.2 Å². The van der Waals surface area contributed by atoms with Crippen molar-refractivity contribution in [2.45, 2.75) is 57.0 Å². The number of fused-ring (bicyclic) bond motifs is 1. The van der Waals surface area contributed by atoms with Crippen LogP contribution in [-0.4, -0.2) is 52.4 Å². The number of nitrogens with zero attached hydrogens (tertiary/aromatic N) is 1. The molecule has 0 bridgehead atoms. The first kappa shape index (κ1) is 23.6. The smallest absolute Gasteiger partial charge is 0.392 e. The van der Waals surface area contributed by atoms with E-state index in [1.54, 1.807) is 32.0 Å². The molecular weight excluding hydrogens is 431 g/mol. The van der Waals surface area contributed by atoms with Gasteiger partial charge in [0, 0.05) is 30.5 Å². The molecule has 2 atom stereocenters. The molecule has 0 aliphatic carbocycles. The van der Waals surface area contributed by atoms with E-state index in [0.717, 1.165) is 0 Å². The Morgan fingerprint density at radius 2 is 2.12 bits per heavy atom. The zero-order chi connectivity index (χ0) is 23.7. The highest BCUT2D eigenvalue weighted by molar-refractivity contribution is 6.01. The summed E-state index contributed by atoms with van der Waals surface area (Å²) in [5.41, 5.74) is 3.18. The number of alkyl halides is 3. The Kier molecular flexibility index (Phi) is 6.49. The number of pyridine rings is 1. The van der Waals surface area contributed by atoms with Crippen LogP contribution in [0, 0.1) is 0 Å². The molecule has 2 amide bonds. The number of hydrogen-bond acceptors (Lipinski definition) is 6. The van der Waals surface area contributed by atoms with Crippen LogP contribution >= 0.6 is 0 Å². The van der Waals surface area contributed by atoms with E-state index in [4.69, 9.17) is 15.2 Å². The molecule has 0 saturated carbocycles. The number of ether oxygens (including phenoxy) is 2. The van der Waals surface area contributed by atoms with E-state index in [1.165, 1.54) is 6.20 Å². The summed E-state index contributed by atoms with van der Waals surface area (Å²) in [7, 11) is 0. The second-order valence-electron chi connectivity index (χ2n) is 8.05. The van der Waals surface area contributed by atoms with Gasteiger partial charge in [-0.05, 0) is 37.4 Å². The lowest BCUT2D eigenvalue weighted by atomic mass is 9.94. The van der Waals surface area contributed by atoms with E-state index < -0.39 is 36.1 Å². The molecule has 1 saturated heterocycles. The highest BCUT2D eigenvalue weighted by atomic mass is 19.4. The second kappa shape index (κ2) is 8.81. The van der Waals surface area contributed by atoms with Crippen LogP contribution in [-0.2, 0) is 4.79 Å². The molecule has 2 heterocycles. The number of benzene rings is 1. The highest BCUT2D eigenvalue weighted by Gasteiger charge is 2.51. The Morgan fingerprint density at radius 1 is 1.41 bits per heavy atom. The van der Waals surface area contributed by atoms with E-state index in [0.29, 0.717) is 10.8 Å². The van der Waals surface area contributed by atoms with Crippen molar-refractivity contribution in [3.8, 4) is 11.6 Å². The molecule has 0 spiro atoms. The first-order chi connectivity index (χ1) is 14.9. The van der Waals surface area contributed by atoms with Gasteiger partial charge in [-0.2, -0.15) is 13.2 Å². The number of aromatic nitrogens is 1. The monoisotopic (exact) mass is 455 g/mol. The number of carbonyl (C=O) groups excluding carboxylic acids is 2. The largest absolute Gasteiger partial charge is 0.490 e. The van der Waals surface area contributed by atoms with Gasteiger partial charge in [0.25, 0.3) is 11.8 Å². The van der Waals surface area contributed by atoms with E-state index in [1.807, 2.05) is 0 Å². The number of aliphatic hydroxyl groups is 1. The summed E-state index contributed by atoms with van der Waals surface area (Å²) in [5, 5.41) is 13.6. The maximum absolute atomic E-state index is 12.7. The van der Waals surface area contributed by atoms with Crippen molar-refractivity contribution in [3.63, 3.8) is 0 Å². The molecule has 1 aliphatic heterocycles. The molecule has 2 aromatic rings. The molecule has 4 N–H and O–H groups in total. The maximum atomic E-state index is 12.7. The summed E-state index contributed by atoms with van der Waals surface area (Å²) in [6.07, 6.45) is -5.21. The first-order valence-corrected chi connectivity index (χ1v) is 10.00. The number of primary amides is 1. The number of halogens is 3. The number of amides is 2. The molecule has 8 nitrogen and oxygen atoms in total. The molecular formula is C21H24F3N3O5. The summed E-state index contributed by atoms with van der Waals surface area (Å²) in [6.45, 7) is 3.62. The molecule has 32 heavy (non-hydrogen) atoms. The van der Waals surface area contributed by atoms with Gasteiger partial charge >= 0.3 is 6.18 Å². The number of nitrogens with one attached hydrogen (secondary N) is 1. The van der Waals surface area contributed by atoms with Crippen molar-refractivity contribution in [2.75, 3.05) is 6.61 Å². The SMILES string of the molecule is CC(C)Oc1cc2c(OCC[C@@H]3C[C@](O)(CC(F)(F)F)C(=O)N3)nccc2cc1C(N)=O. The Balaban J connectivity index is 1.73.